The minimum atomic E-state index is -0.484. The maximum absolute atomic E-state index is 12.4. The fourth-order valence-electron chi connectivity index (χ4n) is 2.21. The van der Waals surface area contributed by atoms with Crippen molar-refractivity contribution in [1.82, 2.24) is 0 Å². The second-order valence-electron chi connectivity index (χ2n) is 4.81. The third-order valence-electron chi connectivity index (χ3n) is 3.45. The van der Waals surface area contributed by atoms with Crippen LogP contribution in [0, 0.1) is 0 Å². The summed E-state index contributed by atoms with van der Waals surface area (Å²) in [6.07, 6.45) is 2.01. The molecule has 128 valence electrons. The third kappa shape index (κ3) is 3.94. The molecule has 0 fully saturated rings. The predicted molar refractivity (Wildman–Crippen MR) is 93.4 cm³/mol. The van der Waals surface area contributed by atoms with Crippen LogP contribution in [-0.4, -0.2) is 33.6 Å². The standard InChI is InChI=1S/C18H20O5S/c1-20-15-10-9-14(16(21-2)17(15)22-3)18(19)23-11-12-5-7-13(24-4)8-6-12/h5-10H,11H2,1-4H3. The molecule has 2 aromatic rings. The first-order valence-electron chi connectivity index (χ1n) is 7.23. The largest absolute Gasteiger partial charge is 0.493 e. The van der Waals surface area contributed by atoms with E-state index in [-0.39, 0.29) is 12.2 Å². The molecule has 6 heteroatoms. The number of benzene rings is 2. The molecule has 2 aromatic carbocycles. The molecule has 0 aliphatic heterocycles. The van der Waals surface area contributed by atoms with E-state index in [4.69, 9.17) is 18.9 Å². The summed E-state index contributed by atoms with van der Waals surface area (Å²) in [7, 11) is 4.48. The van der Waals surface area contributed by atoms with E-state index in [1.807, 2.05) is 30.5 Å². The molecule has 2 rings (SSSR count). The lowest BCUT2D eigenvalue weighted by atomic mass is 10.1. The van der Waals surface area contributed by atoms with Crippen molar-refractivity contribution >= 4 is 17.7 Å². The zero-order chi connectivity index (χ0) is 17.5. The van der Waals surface area contributed by atoms with Gasteiger partial charge in [-0.15, -0.1) is 11.8 Å². The highest BCUT2D eigenvalue weighted by molar-refractivity contribution is 7.98. The second-order valence-corrected chi connectivity index (χ2v) is 5.69. The Kier molecular flexibility index (Phi) is 6.37. The monoisotopic (exact) mass is 348 g/mol. The van der Waals surface area contributed by atoms with E-state index < -0.39 is 5.97 Å². The summed E-state index contributed by atoms with van der Waals surface area (Å²) < 4.78 is 21.2. The molecule has 0 saturated heterocycles. The van der Waals surface area contributed by atoms with Gasteiger partial charge in [-0.1, -0.05) is 12.1 Å². The molecule has 0 amide bonds. The molecule has 5 nitrogen and oxygen atoms in total. The minimum Gasteiger partial charge on any atom is -0.493 e. The predicted octanol–water partition coefficient (Wildman–Crippen LogP) is 3.79. The van der Waals surface area contributed by atoms with Gasteiger partial charge in [-0.3, -0.25) is 0 Å². The molecule has 0 bridgehead atoms. The molecular formula is C18H20O5S. The molecule has 0 radical (unpaired) electrons. The van der Waals surface area contributed by atoms with Crippen molar-refractivity contribution in [3.63, 3.8) is 0 Å². The number of hydrogen-bond donors (Lipinski definition) is 0. The summed E-state index contributed by atoms with van der Waals surface area (Å²) in [6, 6.07) is 11.1. The van der Waals surface area contributed by atoms with Gasteiger partial charge in [0, 0.05) is 4.90 Å². The first-order valence-corrected chi connectivity index (χ1v) is 8.46. The molecule has 0 heterocycles. The number of methoxy groups -OCH3 is 3. The molecule has 0 aliphatic rings. The van der Waals surface area contributed by atoms with Gasteiger partial charge in [0.1, 0.15) is 12.2 Å². The Balaban J connectivity index is 2.16. The van der Waals surface area contributed by atoms with Gasteiger partial charge < -0.3 is 18.9 Å². The fourth-order valence-corrected chi connectivity index (χ4v) is 2.62. The van der Waals surface area contributed by atoms with Crippen LogP contribution in [0.2, 0.25) is 0 Å². The summed E-state index contributed by atoms with van der Waals surface area (Å²) in [5.41, 5.74) is 1.21. The summed E-state index contributed by atoms with van der Waals surface area (Å²) in [5, 5.41) is 0. The smallest absolute Gasteiger partial charge is 0.342 e. The summed E-state index contributed by atoms with van der Waals surface area (Å²) in [4.78, 5) is 13.5. The van der Waals surface area contributed by atoms with E-state index in [1.54, 1.807) is 23.9 Å². The van der Waals surface area contributed by atoms with E-state index in [1.165, 1.54) is 21.3 Å². The highest BCUT2D eigenvalue weighted by Crippen LogP contribution is 2.40. The van der Waals surface area contributed by atoms with E-state index in [0.29, 0.717) is 17.2 Å². The lowest BCUT2D eigenvalue weighted by Gasteiger charge is -2.15. The zero-order valence-electron chi connectivity index (χ0n) is 14.1. The van der Waals surface area contributed by atoms with Crippen molar-refractivity contribution < 1.29 is 23.7 Å². The first-order chi connectivity index (χ1) is 11.6. The lowest BCUT2D eigenvalue weighted by Crippen LogP contribution is -2.08. The molecular weight excluding hydrogens is 328 g/mol. The number of rotatable bonds is 7. The van der Waals surface area contributed by atoms with Crippen LogP contribution in [0.15, 0.2) is 41.3 Å². The van der Waals surface area contributed by atoms with Crippen LogP contribution in [0.5, 0.6) is 17.2 Å². The Morgan fingerprint density at radius 1 is 0.917 bits per heavy atom. The SMILES string of the molecule is COc1ccc(C(=O)OCc2ccc(SC)cc2)c(OC)c1OC. The number of hydrogen-bond acceptors (Lipinski definition) is 6. The molecule has 0 atom stereocenters. The van der Waals surface area contributed by atoms with Crippen LogP contribution in [0.4, 0.5) is 0 Å². The fraction of sp³-hybridized carbons (Fsp3) is 0.278. The molecule has 0 spiro atoms. The number of ether oxygens (including phenoxy) is 4. The average molecular weight is 348 g/mol. The van der Waals surface area contributed by atoms with Crippen molar-refractivity contribution in [2.45, 2.75) is 11.5 Å². The van der Waals surface area contributed by atoms with Crippen LogP contribution < -0.4 is 14.2 Å². The van der Waals surface area contributed by atoms with Gasteiger partial charge in [0.05, 0.1) is 21.3 Å². The molecule has 0 N–H and O–H groups in total. The maximum Gasteiger partial charge on any atom is 0.342 e. The number of carbonyl (C=O) groups excluding carboxylic acids is 1. The van der Waals surface area contributed by atoms with Crippen LogP contribution >= 0.6 is 11.8 Å². The number of carbonyl (C=O) groups is 1. The maximum atomic E-state index is 12.4. The normalized spacial score (nSPS) is 10.2. The quantitative estimate of drug-likeness (QED) is 0.560. The van der Waals surface area contributed by atoms with Gasteiger partial charge in [0.25, 0.3) is 0 Å². The van der Waals surface area contributed by atoms with Crippen LogP contribution in [0.1, 0.15) is 15.9 Å². The Morgan fingerprint density at radius 2 is 1.58 bits per heavy atom. The van der Waals surface area contributed by atoms with Crippen molar-refractivity contribution in [1.29, 1.82) is 0 Å². The Hall–Kier alpha value is -2.34. The average Bonchev–Trinajstić information content (AvgIpc) is 2.64. The van der Waals surface area contributed by atoms with E-state index in [9.17, 15) is 4.79 Å². The van der Waals surface area contributed by atoms with Gasteiger partial charge in [-0.25, -0.2) is 4.79 Å². The first kappa shape index (κ1) is 18.0. The molecule has 0 unspecified atom stereocenters. The molecule has 0 saturated carbocycles. The van der Waals surface area contributed by atoms with Gasteiger partial charge in [-0.2, -0.15) is 0 Å². The van der Waals surface area contributed by atoms with E-state index >= 15 is 0 Å². The number of thioether (sulfide) groups is 1. The highest BCUT2D eigenvalue weighted by Gasteiger charge is 2.21. The summed E-state index contributed by atoms with van der Waals surface area (Å²) in [6.45, 7) is 0.186. The van der Waals surface area contributed by atoms with Crippen molar-refractivity contribution in [3.05, 3.63) is 47.5 Å². The van der Waals surface area contributed by atoms with Crippen molar-refractivity contribution in [2.75, 3.05) is 27.6 Å². The Morgan fingerprint density at radius 3 is 2.12 bits per heavy atom. The third-order valence-corrected chi connectivity index (χ3v) is 4.20. The van der Waals surface area contributed by atoms with E-state index in [0.717, 1.165) is 10.5 Å². The lowest BCUT2D eigenvalue weighted by molar-refractivity contribution is 0.0468. The highest BCUT2D eigenvalue weighted by atomic mass is 32.2. The van der Waals surface area contributed by atoms with Gasteiger partial charge in [0.2, 0.25) is 5.75 Å². The minimum absolute atomic E-state index is 0.186. The topological polar surface area (TPSA) is 54.0 Å². The van der Waals surface area contributed by atoms with Crippen LogP contribution in [-0.2, 0) is 11.3 Å². The van der Waals surface area contributed by atoms with Gasteiger partial charge >= 0.3 is 5.97 Å². The van der Waals surface area contributed by atoms with Crippen LogP contribution in [0.25, 0.3) is 0 Å². The van der Waals surface area contributed by atoms with Gasteiger partial charge in [-0.05, 0) is 36.1 Å². The molecule has 24 heavy (non-hydrogen) atoms. The van der Waals surface area contributed by atoms with Crippen molar-refractivity contribution in [3.8, 4) is 17.2 Å². The molecule has 0 aliphatic carbocycles. The number of esters is 1. The summed E-state index contributed by atoms with van der Waals surface area (Å²) >= 11 is 1.66. The van der Waals surface area contributed by atoms with Crippen molar-refractivity contribution in [2.24, 2.45) is 0 Å². The Bertz CT molecular complexity index is 697. The van der Waals surface area contributed by atoms with Gasteiger partial charge in [0.15, 0.2) is 11.5 Å². The molecule has 0 aromatic heterocycles. The Labute approximate surface area is 145 Å². The van der Waals surface area contributed by atoms with Crippen LogP contribution in [0.3, 0.4) is 0 Å². The van der Waals surface area contributed by atoms with E-state index in [2.05, 4.69) is 0 Å². The zero-order valence-corrected chi connectivity index (χ0v) is 14.9. The summed E-state index contributed by atoms with van der Waals surface area (Å²) in [5.74, 6) is 0.652. The second kappa shape index (κ2) is 8.49.